The highest BCUT2D eigenvalue weighted by Gasteiger charge is 2.03. The van der Waals surface area contributed by atoms with E-state index in [0.29, 0.717) is 6.61 Å². The SMILES string of the molecule is CCOC(=O)NC(C)CC. The third-order valence-electron chi connectivity index (χ3n) is 1.25. The van der Waals surface area contributed by atoms with Crippen LogP contribution in [0.1, 0.15) is 27.2 Å². The molecule has 0 aliphatic heterocycles. The molecule has 0 saturated heterocycles. The van der Waals surface area contributed by atoms with Gasteiger partial charge in [-0.25, -0.2) is 4.79 Å². The van der Waals surface area contributed by atoms with Crippen LogP contribution in [0.2, 0.25) is 0 Å². The van der Waals surface area contributed by atoms with Gasteiger partial charge in [0.05, 0.1) is 6.61 Å². The fraction of sp³-hybridized carbons (Fsp3) is 0.857. The lowest BCUT2D eigenvalue weighted by Gasteiger charge is -2.09. The second-order valence-electron chi connectivity index (χ2n) is 2.17. The first-order valence-corrected chi connectivity index (χ1v) is 3.64. The smallest absolute Gasteiger partial charge is 0.407 e. The summed E-state index contributed by atoms with van der Waals surface area (Å²) >= 11 is 0. The highest BCUT2D eigenvalue weighted by Crippen LogP contribution is 1.88. The van der Waals surface area contributed by atoms with E-state index in [1.54, 1.807) is 6.92 Å². The summed E-state index contributed by atoms with van der Waals surface area (Å²) in [6.07, 6.45) is 0.607. The number of amides is 1. The van der Waals surface area contributed by atoms with Gasteiger partial charge in [0.1, 0.15) is 0 Å². The number of carbonyl (C=O) groups is 1. The Morgan fingerprint density at radius 2 is 2.20 bits per heavy atom. The Morgan fingerprint density at radius 1 is 1.60 bits per heavy atom. The molecule has 0 rings (SSSR count). The normalized spacial score (nSPS) is 12.3. The summed E-state index contributed by atoms with van der Waals surface area (Å²) in [7, 11) is 0. The third kappa shape index (κ3) is 4.18. The predicted octanol–water partition coefficient (Wildman–Crippen LogP) is 1.53. The molecule has 0 spiro atoms. The summed E-state index contributed by atoms with van der Waals surface area (Å²) in [5.74, 6) is 0. The lowest BCUT2D eigenvalue weighted by atomic mass is 10.3. The molecular formula is C7H15NO2. The minimum absolute atomic E-state index is 0.207. The van der Waals surface area contributed by atoms with Gasteiger partial charge in [-0.2, -0.15) is 0 Å². The fourth-order valence-corrected chi connectivity index (χ4v) is 0.476. The number of carbonyl (C=O) groups excluding carboxylic acids is 1. The van der Waals surface area contributed by atoms with Gasteiger partial charge in [0.25, 0.3) is 0 Å². The summed E-state index contributed by atoms with van der Waals surface area (Å²) in [6, 6.07) is 0.207. The molecule has 1 N–H and O–H groups in total. The van der Waals surface area contributed by atoms with E-state index in [4.69, 9.17) is 0 Å². The zero-order chi connectivity index (χ0) is 7.98. The molecule has 0 aliphatic carbocycles. The van der Waals surface area contributed by atoms with Crippen molar-refractivity contribution < 1.29 is 9.53 Å². The molecule has 3 nitrogen and oxygen atoms in total. The monoisotopic (exact) mass is 145 g/mol. The maximum absolute atomic E-state index is 10.7. The van der Waals surface area contributed by atoms with Crippen LogP contribution in [0.5, 0.6) is 0 Å². The zero-order valence-electron chi connectivity index (χ0n) is 6.81. The zero-order valence-corrected chi connectivity index (χ0v) is 6.81. The number of alkyl carbamates (subject to hydrolysis) is 1. The van der Waals surface area contributed by atoms with E-state index in [-0.39, 0.29) is 12.1 Å². The molecule has 60 valence electrons. The van der Waals surface area contributed by atoms with Crippen molar-refractivity contribution in [2.75, 3.05) is 6.61 Å². The number of rotatable bonds is 3. The number of hydrogen-bond acceptors (Lipinski definition) is 2. The van der Waals surface area contributed by atoms with Crippen LogP contribution in [-0.2, 0) is 4.74 Å². The standard InChI is InChI=1S/C7H15NO2/c1-4-6(3)8-7(9)10-5-2/h6H,4-5H2,1-3H3,(H,8,9). The quantitative estimate of drug-likeness (QED) is 0.654. The van der Waals surface area contributed by atoms with Crippen molar-refractivity contribution in [1.29, 1.82) is 0 Å². The van der Waals surface area contributed by atoms with Gasteiger partial charge in [-0.15, -0.1) is 0 Å². The molecule has 0 fully saturated rings. The van der Waals surface area contributed by atoms with Crippen LogP contribution in [0.3, 0.4) is 0 Å². The minimum atomic E-state index is -0.322. The Bertz CT molecular complexity index is 104. The van der Waals surface area contributed by atoms with E-state index in [1.165, 1.54) is 0 Å². The van der Waals surface area contributed by atoms with Crippen LogP contribution in [0.15, 0.2) is 0 Å². The van der Waals surface area contributed by atoms with Crippen LogP contribution >= 0.6 is 0 Å². The topological polar surface area (TPSA) is 38.3 Å². The Kier molecular flexibility index (Phi) is 4.72. The second-order valence-corrected chi connectivity index (χ2v) is 2.17. The highest BCUT2D eigenvalue weighted by molar-refractivity contribution is 5.67. The van der Waals surface area contributed by atoms with Crippen LogP contribution in [0.4, 0.5) is 4.79 Å². The van der Waals surface area contributed by atoms with Crippen molar-refractivity contribution in [3.63, 3.8) is 0 Å². The van der Waals surface area contributed by atoms with Crippen molar-refractivity contribution in [2.45, 2.75) is 33.2 Å². The van der Waals surface area contributed by atoms with Crippen molar-refractivity contribution in [1.82, 2.24) is 5.32 Å². The van der Waals surface area contributed by atoms with Gasteiger partial charge in [-0.05, 0) is 20.3 Å². The van der Waals surface area contributed by atoms with Crippen molar-refractivity contribution >= 4 is 6.09 Å². The number of nitrogens with one attached hydrogen (secondary N) is 1. The van der Waals surface area contributed by atoms with Gasteiger partial charge in [0.15, 0.2) is 0 Å². The molecule has 0 heterocycles. The largest absolute Gasteiger partial charge is 0.450 e. The van der Waals surface area contributed by atoms with Gasteiger partial charge in [0.2, 0.25) is 0 Å². The molecule has 0 aliphatic rings. The molecule has 10 heavy (non-hydrogen) atoms. The van der Waals surface area contributed by atoms with E-state index < -0.39 is 0 Å². The van der Waals surface area contributed by atoms with Crippen LogP contribution in [-0.4, -0.2) is 18.7 Å². The summed E-state index contributed by atoms with van der Waals surface area (Å²) in [6.45, 7) is 6.17. The van der Waals surface area contributed by atoms with Gasteiger partial charge >= 0.3 is 6.09 Å². The molecule has 1 atom stereocenters. The van der Waals surface area contributed by atoms with Crippen molar-refractivity contribution in [2.24, 2.45) is 0 Å². The summed E-state index contributed by atoms with van der Waals surface area (Å²) in [5.41, 5.74) is 0. The first-order chi connectivity index (χ1) is 4.70. The molecule has 3 heteroatoms. The van der Waals surface area contributed by atoms with Crippen LogP contribution in [0, 0.1) is 0 Å². The highest BCUT2D eigenvalue weighted by atomic mass is 16.5. The van der Waals surface area contributed by atoms with Crippen molar-refractivity contribution in [3.8, 4) is 0 Å². The average Bonchev–Trinajstić information content (AvgIpc) is 1.88. The number of hydrogen-bond donors (Lipinski definition) is 1. The Hall–Kier alpha value is -0.730. The van der Waals surface area contributed by atoms with Crippen LogP contribution < -0.4 is 5.32 Å². The van der Waals surface area contributed by atoms with E-state index >= 15 is 0 Å². The molecule has 0 aromatic carbocycles. The second kappa shape index (κ2) is 5.09. The fourth-order valence-electron chi connectivity index (χ4n) is 0.476. The molecule has 0 radical (unpaired) electrons. The van der Waals surface area contributed by atoms with Gasteiger partial charge in [-0.3, -0.25) is 0 Å². The maximum Gasteiger partial charge on any atom is 0.407 e. The van der Waals surface area contributed by atoms with E-state index in [0.717, 1.165) is 6.42 Å². The maximum atomic E-state index is 10.7. The summed E-state index contributed by atoms with van der Waals surface area (Å²) < 4.78 is 4.66. The average molecular weight is 145 g/mol. The lowest BCUT2D eigenvalue weighted by molar-refractivity contribution is 0.148. The minimum Gasteiger partial charge on any atom is -0.450 e. The predicted molar refractivity (Wildman–Crippen MR) is 39.9 cm³/mol. The molecule has 0 aromatic rings. The Labute approximate surface area is 61.8 Å². The molecule has 0 bridgehead atoms. The van der Waals surface area contributed by atoms with E-state index in [2.05, 4.69) is 10.1 Å². The van der Waals surface area contributed by atoms with Crippen LogP contribution in [0.25, 0.3) is 0 Å². The molecule has 0 saturated carbocycles. The number of ether oxygens (including phenoxy) is 1. The Balaban J connectivity index is 3.37. The third-order valence-corrected chi connectivity index (χ3v) is 1.25. The van der Waals surface area contributed by atoms with Crippen molar-refractivity contribution in [3.05, 3.63) is 0 Å². The summed E-state index contributed by atoms with van der Waals surface area (Å²) in [4.78, 5) is 10.7. The van der Waals surface area contributed by atoms with Gasteiger partial charge in [-0.1, -0.05) is 6.92 Å². The first kappa shape index (κ1) is 9.27. The Morgan fingerprint density at radius 3 is 2.60 bits per heavy atom. The lowest BCUT2D eigenvalue weighted by Crippen LogP contribution is -2.32. The van der Waals surface area contributed by atoms with Gasteiger partial charge in [0, 0.05) is 6.04 Å². The molecule has 1 amide bonds. The molecule has 1 unspecified atom stereocenters. The molecule has 0 aromatic heterocycles. The molecular weight excluding hydrogens is 130 g/mol. The summed E-state index contributed by atoms with van der Waals surface area (Å²) in [5, 5.41) is 2.67. The first-order valence-electron chi connectivity index (χ1n) is 3.64. The van der Waals surface area contributed by atoms with E-state index in [1.807, 2.05) is 13.8 Å². The van der Waals surface area contributed by atoms with E-state index in [9.17, 15) is 4.79 Å². The van der Waals surface area contributed by atoms with Gasteiger partial charge < -0.3 is 10.1 Å².